The van der Waals surface area contributed by atoms with Crippen molar-refractivity contribution >= 4 is 48.5 Å². The molecule has 0 saturated carbocycles. The number of aromatic nitrogens is 3. The number of likely N-dealkylation sites (N-methyl/N-ethyl adjacent to an activating group) is 1. The van der Waals surface area contributed by atoms with Gasteiger partial charge in [-0.05, 0) is 29.8 Å². The molecule has 0 aliphatic carbocycles. The van der Waals surface area contributed by atoms with Gasteiger partial charge in [0.15, 0.2) is 11.4 Å². The fraction of sp³-hybridized carbons (Fsp3) is 0.393. The van der Waals surface area contributed by atoms with Crippen molar-refractivity contribution in [2.75, 3.05) is 19.0 Å². The smallest absolute Gasteiger partial charge is 0.261 e. The number of ether oxygens (including phenoxy) is 1. The maximum Gasteiger partial charge on any atom is 0.261 e. The summed E-state index contributed by atoms with van der Waals surface area (Å²) in [6.45, 7) is 13.5. The molecule has 3 aromatic rings. The minimum Gasteiger partial charge on any atom is -0.361 e. The van der Waals surface area contributed by atoms with Crippen LogP contribution in [0.25, 0.3) is 17.2 Å². The topological polar surface area (TPSA) is 122 Å². The quantitative estimate of drug-likeness (QED) is 0.118. The summed E-state index contributed by atoms with van der Waals surface area (Å²) >= 11 is 0. The van der Waals surface area contributed by atoms with E-state index < -0.39 is 19.4 Å². The number of anilines is 2. The van der Waals surface area contributed by atoms with Crippen LogP contribution in [0.15, 0.2) is 42.2 Å². The predicted octanol–water partition coefficient (Wildman–Crippen LogP) is 5.37. The second kappa shape index (κ2) is 11.7. The van der Waals surface area contributed by atoms with Crippen LogP contribution < -0.4 is 10.6 Å². The Morgan fingerprint density at radius 3 is 2.45 bits per heavy atom. The zero-order valence-corrected chi connectivity index (χ0v) is 24.2. The Bertz CT molecular complexity index is 1390. The van der Waals surface area contributed by atoms with Crippen LogP contribution in [-0.2, 0) is 16.3 Å². The second-order valence-corrected chi connectivity index (χ2v) is 17.0. The molecule has 200 valence electrons. The van der Waals surface area contributed by atoms with E-state index in [1.54, 1.807) is 24.5 Å². The molecular weight excluding hydrogens is 496 g/mol. The minimum absolute atomic E-state index is 0.0182. The Hall–Kier alpha value is -3.81. The highest BCUT2D eigenvalue weighted by atomic mass is 28.3. The predicted molar refractivity (Wildman–Crippen MR) is 153 cm³/mol. The van der Waals surface area contributed by atoms with Crippen LogP contribution in [0.5, 0.6) is 0 Å². The molecule has 2 heterocycles. The molecule has 10 heteroatoms. The van der Waals surface area contributed by atoms with Gasteiger partial charge >= 0.3 is 0 Å². The summed E-state index contributed by atoms with van der Waals surface area (Å²) in [4.78, 5) is 34.4. The minimum atomic E-state index is -1.21. The van der Waals surface area contributed by atoms with Gasteiger partial charge in [-0.25, -0.2) is 9.97 Å². The molecule has 2 N–H and O–H groups in total. The van der Waals surface area contributed by atoms with E-state index in [-0.39, 0.29) is 11.4 Å². The van der Waals surface area contributed by atoms with Gasteiger partial charge in [-0.15, -0.1) is 0 Å². The molecule has 2 aromatic heterocycles. The summed E-state index contributed by atoms with van der Waals surface area (Å²) in [6, 6.07) is 10.2. The fourth-order valence-electron chi connectivity index (χ4n) is 3.58. The fourth-order valence-corrected chi connectivity index (χ4v) is 4.34. The van der Waals surface area contributed by atoms with Crippen molar-refractivity contribution < 1.29 is 14.3 Å². The van der Waals surface area contributed by atoms with Gasteiger partial charge in [-0.2, -0.15) is 5.26 Å². The third-order valence-electron chi connectivity index (χ3n) is 5.80. The summed E-state index contributed by atoms with van der Waals surface area (Å²) in [7, 11) is 0.269. The van der Waals surface area contributed by atoms with Crippen molar-refractivity contribution in [3.8, 4) is 6.07 Å². The van der Waals surface area contributed by atoms with Crippen molar-refractivity contribution in [1.29, 1.82) is 5.26 Å². The third kappa shape index (κ3) is 7.37. The molecule has 0 atom stereocenters. The first kappa shape index (κ1) is 28.8. The van der Waals surface area contributed by atoms with E-state index >= 15 is 0 Å². The lowest BCUT2D eigenvalue weighted by Crippen LogP contribution is -2.22. The van der Waals surface area contributed by atoms with E-state index in [0.29, 0.717) is 41.4 Å². The maximum atomic E-state index is 13.3. The molecule has 3 rings (SSSR count). The van der Waals surface area contributed by atoms with E-state index in [1.807, 2.05) is 43.5 Å². The average Bonchev–Trinajstić information content (AvgIpc) is 3.21. The first-order valence-corrected chi connectivity index (χ1v) is 16.2. The number of ketones is 1. The van der Waals surface area contributed by atoms with Gasteiger partial charge < -0.3 is 19.9 Å². The number of carbonyl (C=O) groups is 2. The standard InChI is InChI=1S/C28H36N6O3Si/c1-28(2,3)25(35)22-17-34(18-37-12-13-38(5,6)7)26-24(22)33-23(16-31-26)32-21-10-8-19(9-11-21)14-20(15-29)27(36)30-4/h8-11,14,16-17H,12-13,18H2,1-7H3,(H,30,36)(H,32,33)/b20-14+. The lowest BCUT2D eigenvalue weighted by atomic mass is 9.87. The van der Waals surface area contributed by atoms with Crippen molar-refractivity contribution in [1.82, 2.24) is 19.9 Å². The number of rotatable bonds is 10. The number of Topliss-reactive ketones (excluding diaryl/α,β-unsaturated/α-hetero) is 1. The van der Waals surface area contributed by atoms with Crippen LogP contribution in [0.1, 0.15) is 36.7 Å². The van der Waals surface area contributed by atoms with E-state index in [1.165, 1.54) is 13.1 Å². The number of nitrogens with one attached hydrogen (secondary N) is 2. The van der Waals surface area contributed by atoms with Crippen LogP contribution in [0.4, 0.5) is 11.5 Å². The lowest BCUT2D eigenvalue weighted by molar-refractivity contribution is -0.116. The number of nitriles is 1. The lowest BCUT2D eigenvalue weighted by Gasteiger charge is -2.16. The summed E-state index contributed by atoms with van der Waals surface area (Å²) in [5.74, 6) is 0.0341. The van der Waals surface area contributed by atoms with Crippen molar-refractivity contribution in [3.63, 3.8) is 0 Å². The van der Waals surface area contributed by atoms with Crippen LogP contribution in [0.3, 0.4) is 0 Å². The number of benzene rings is 1. The Morgan fingerprint density at radius 2 is 1.87 bits per heavy atom. The van der Waals surface area contributed by atoms with Crippen LogP contribution >= 0.6 is 0 Å². The molecule has 0 aliphatic heterocycles. The van der Waals surface area contributed by atoms with Gasteiger partial charge in [-0.1, -0.05) is 52.5 Å². The number of hydrogen-bond donors (Lipinski definition) is 2. The number of amides is 1. The summed E-state index contributed by atoms with van der Waals surface area (Å²) in [5, 5.41) is 14.9. The highest BCUT2D eigenvalue weighted by Crippen LogP contribution is 2.28. The molecule has 0 spiro atoms. The van der Waals surface area contributed by atoms with Crippen LogP contribution in [0.2, 0.25) is 25.7 Å². The van der Waals surface area contributed by atoms with E-state index in [9.17, 15) is 14.9 Å². The highest BCUT2D eigenvalue weighted by molar-refractivity contribution is 6.76. The van der Waals surface area contributed by atoms with E-state index in [0.717, 1.165) is 11.7 Å². The number of fused-ring (bicyclic) bond motifs is 1. The summed E-state index contributed by atoms with van der Waals surface area (Å²) < 4.78 is 7.77. The van der Waals surface area contributed by atoms with Gasteiger partial charge in [0.2, 0.25) is 0 Å². The number of hydrogen-bond acceptors (Lipinski definition) is 7. The van der Waals surface area contributed by atoms with Crippen molar-refractivity contribution in [2.24, 2.45) is 5.41 Å². The molecule has 0 aliphatic rings. The average molecular weight is 533 g/mol. The number of nitrogens with zero attached hydrogens (tertiary/aromatic N) is 4. The molecule has 1 aromatic carbocycles. The Balaban J connectivity index is 1.87. The van der Waals surface area contributed by atoms with Gasteiger partial charge in [0.1, 0.15) is 29.7 Å². The second-order valence-electron chi connectivity index (χ2n) is 11.4. The first-order valence-electron chi connectivity index (χ1n) is 12.5. The summed E-state index contributed by atoms with van der Waals surface area (Å²) in [5.41, 5.74) is 2.52. The largest absolute Gasteiger partial charge is 0.361 e. The SMILES string of the molecule is CNC(=O)/C(C#N)=C/c1ccc(Nc2cnc3c(n2)c(C(=O)C(C)(C)C)cn3COCC[Si](C)(C)C)cc1. The molecule has 0 bridgehead atoms. The monoisotopic (exact) mass is 532 g/mol. The van der Waals surface area contributed by atoms with Crippen molar-refractivity contribution in [3.05, 3.63) is 53.4 Å². The zero-order chi connectivity index (χ0) is 28.1. The van der Waals surface area contributed by atoms with Gasteiger partial charge in [0.05, 0.1) is 11.8 Å². The molecular formula is C28H36N6O3Si. The number of carbonyl (C=O) groups excluding carboxylic acids is 2. The maximum absolute atomic E-state index is 13.3. The molecule has 0 unspecified atom stereocenters. The normalized spacial score (nSPS) is 12.3. The Morgan fingerprint density at radius 1 is 1.18 bits per heavy atom. The van der Waals surface area contributed by atoms with Crippen molar-refractivity contribution in [2.45, 2.75) is 53.2 Å². The molecule has 0 fully saturated rings. The van der Waals surface area contributed by atoms with E-state index in [4.69, 9.17) is 9.72 Å². The van der Waals surface area contributed by atoms with Gasteiger partial charge in [0, 0.05) is 39.0 Å². The van der Waals surface area contributed by atoms with Crippen LogP contribution in [-0.4, -0.2) is 48.0 Å². The van der Waals surface area contributed by atoms with Crippen LogP contribution in [0, 0.1) is 16.7 Å². The molecule has 38 heavy (non-hydrogen) atoms. The molecule has 0 radical (unpaired) electrons. The Kier molecular flexibility index (Phi) is 8.86. The van der Waals surface area contributed by atoms with Gasteiger partial charge in [0.25, 0.3) is 5.91 Å². The molecule has 1 amide bonds. The van der Waals surface area contributed by atoms with E-state index in [2.05, 4.69) is 35.3 Å². The molecule has 9 nitrogen and oxygen atoms in total. The summed E-state index contributed by atoms with van der Waals surface area (Å²) in [6.07, 6.45) is 4.93. The first-order chi connectivity index (χ1) is 17.8. The highest BCUT2D eigenvalue weighted by Gasteiger charge is 2.28. The molecule has 0 saturated heterocycles. The third-order valence-corrected chi connectivity index (χ3v) is 7.51. The zero-order valence-electron chi connectivity index (χ0n) is 23.2. The Labute approximate surface area is 224 Å². The van der Waals surface area contributed by atoms with Gasteiger partial charge in [-0.3, -0.25) is 9.59 Å².